The van der Waals surface area contributed by atoms with Gasteiger partial charge in [-0.25, -0.2) is 18.8 Å². The molecule has 0 radical (unpaired) electrons. The Morgan fingerprint density at radius 2 is 1.91 bits per heavy atom. The third kappa shape index (κ3) is 2.47. The van der Waals surface area contributed by atoms with E-state index < -0.39 is 11.6 Å². The van der Waals surface area contributed by atoms with Gasteiger partial charge in [0, 0.05) is 16.2 Å². The molecule has 114 valence electrons. The molecule has 0 aliphatic carbocycles. The maximum Gasteiger partial charge on any atom is 0.210 e. The predicted octanol–water partition coefficient (Wildman–Crippen LogP) is 5.25. The average Bonchev–Trinajstić information content (AvgIpc) is 3.07. The van der Waals surface area contributed by atoms with Crippen LogP contribution in [0.3, 0.4) is 0 Å². The summed E-state index contributed by atoms with van der Waals surface area (Å²) < 4.78 is 28.2. The van der Waals surface area contributed by atoms with Crippen molar-refractivity contribution in [3.8, 4) is 5.75 Å². The highest BCUT2D eigenvalue weighted by Crippen LogP contribution is 2.36. The number of hydrogen-bond donors (Lipinski definition) is 1. The molecule has 0 fully saturated rings. The van der Waals surface area contributed by atoms with E-state index >= 15 is 0 Å². The summed E-state index contributed by atoms with van der Waals surface area (Å²) in [6.07, 6.45) is 1.49. The summed E-state index contributed by atoms with van der Waals surface area (Å²) >= 11 is 2.49. The molecule has 4 aromatic rings. The number of aromatic nitrogens is 1. The quantitative estimate of drug-likeness (QED) is 0.504. The predicted molar refractivity (Wildman–Crippen MR) is 90.3 cm³/mol. The second-order valence-electron chi connectivity index (χ2n) is 4.80. The number of benzene rings is 2. The number of aliphatic imine (C=N–C) groups is 1. The van der Waals surface area contributed by atoms with Crippen LogP contribution in [0, 0.1) is 11.6 Å². The molecule has 23 heavy (non-hydrogen) atoms. The van der Waals surface area contributed by atoms with E-state index in [2.05, 4.69) is 9.98 Å². The lowest BCUT2D eigenvalue weighted by Gasteiger charge is -1.90. The largest absolute Gasteiger partial charge is 0.506 e. The minimum Gasteiger partial charge on any atom is -0.506 e. The van der Waals surface area contributed by atoms with Gasteiger partial charge in [0.05, 0.1) is 15.8 Å². The molecular weight excluding hydrogens is 338 g/mol. The zero-order valence-electron chi connectivity index (χ0n) is 11.5. The molecule has 2 aromatic heterocycles. The fraction of sp³-hybridized carbons (Fsp3) is 0. The van der Waals surface area contributed by atoms with Crippen LogP contribution in [0.5, 0.6) is 5.75 Å². The number of rotatable bonds is 2. The van der Waals surface area contributed by atoms with Crippen molar-refractivity contribution in [2.45, 2.75) is 0 Å². The zero-order chi connectivity index (χ0) is 16.0. The molecule has 0 aliphatic rings. The van der Waals surface area contributed by atoms with Gasteiger partial charge in [-0.05, 0) is 18.2 Å². The molecule has 4 rings (SSSR count). The minimum absolute atomic E-state index is 0.101. The third-order valence-corrected chi connectivity index (χ3v) is 5.29. The van der Waals surface area contributed by atoms with Crippen LogP contribution in [0.4, 0.5) is 13.9 Å². The fourth-order valence-electron chi connectivity index (χ4n) is 2.25. The Kier molecular flexibility index (Phi) is 3.32. The van der Waals surface area contributed by atoms with Crippen molar-refractivity contribution < 1.29 is 13.9 Å². The van der Waals surface area contributed by atoms with Gasteiger partial charge >= 0.3 is 0 Å². The third-order valence-electron chi connectivity index (χ3n) is 3.29. The first-order valence-electron chi connectivity index (χ1n) is 6.62. The molecule has 0 saturated heterocycles. The number of thiazole rings is 1. The Morgan fingerprint density at radius 1 is 1.09 bits per heavy atom. The van der Waals surface area contributed by atoms with Crippen molar-refractivity contribution in [1.29, 1.82) is 0 Å². The van der Waals surface area contributed by atoms with Crippen LogP contribution < -0.4 is 0 Å². The maximum absolute atomic E-state index is 13.6. The summed E-state index contributed by atoms with van der Waals surface area (Å²) in [5, 5.41) is 11.2. The maximum atomic E-state index is 13.6. The van der Waals surface area contributed by atoms with Gasteiger partial charge in [0.1, 0.15) is 17.1 Å². The van der Waals surface area contributed by atoms with Gasteiger partial charge in [0.2, 0.25) is 5.13 Å². The minimum atomic E-state index is -0.706. The standard InChI is InChI=1S/C16H8F2N2OS2/c17-8-5-10(18)14-12(6-8)23-16(20-14)19-7-13-15(21)9-3-1-2-4-11(9)22-13/h1-7,21H/b19-7+. The Morgan fingerprint density at radius 3 is 2.74 bits per heavy atom. The lowest BCUT2D eigenvalue weighted by Crippen LogP contribution is -1.80. The Bertz CT molecular complexity index is 1070. The highest BCUT2D eigenvalue weighted by atomic mass is 32.1. The first-order valence-corrected chi connectivity index (χ1v) is 8.25. The molecule has 1 N–H and O–H groups in total. The molecule has 0 spiro atoms. The molecule has 0 unspecified atom stereocenters. The summed E-state index contributed by atoms with van der Waals surface area (Å²) in [6, 6.07) is 9.51. The lowest BCUT2D eigenvalue weighted by molar-refractivity contribution is 0.483. The topological polar surface area (TPSA) is 45.5 Å². The molecule has 0 amide bonds. The van der Waals surface area contributed by atoms with Crippen molar-refractivity contribution in [3.05, 3.63) is 52.9 Å². The van der Waals surface area contributed by atoms with E-state index in [1.807, 2.05) is 24.3 Å². The smallest absolute Gasteiger partial charge is 0.210 e. The van der Waals surface area contributed by atoms with Crippen LogP contribution >= 0.6 is 22.7 Å². The molecule has 0 atom stereocenters. The van der Waals surface area contributed by atoms with Crippen LogP contribution in [0.25, 0.3) is 20.3 Å². The highest BCUT2D eigenvalue weighted by Gasteiger charge is 2.11. The molecule has 0 saturated carbocycles. The molecule has 2 heterocycles. The number of halogens is 2. The van der Waals surface area contributed by atoms with Gasteiger partial charge in [0.25, 0.3) is 0 Å². The van der Waals surface area contributed by atoms with Crippen molar-refractivity contribution in [3.63, 3.8) is 0 Å². The zero-order valence-corrected chi connectivity index (χ0v) is 13.1. The van der Waals surface area contributed by atoms with E-state index in [1.54, 1.807) is 0 Å². The lowest BCUT2D eigenvalue weighted by atomic mass is 10.2. The monoisotopic (exact) mass is 346 g/mol. The first kappa shape index (κ1) is 14.2. The second kappa shape index (κ2) is 5.36. The summed E-state index contributed by atoms with van der Waals surface area (Å²) in [4.78, 5) is 8.83. The van der Waals surface area contributed by atoms with Gasteiger partial charge in [0.15, 0.2) is 5.82 Å². The van der Waals surface area contributed by atoms with Crippen molar-refractivity contribution >= 4 is 54.3 Å². The van der Waals surface area contributed by atoms with E-state index in [0.717, 1.165) is 27.5 Å². The van der Waals surface area contributed by atoms with Gasteiger partial charge in [-0.15, -0.1) is 11.3 Å². The van der Waals surface area contributed by atoms with Crippen LogP contribution in [-0.2, 0) is 0 Å². The van der Waals surface area contributed by atoms with Crippen LogP contribution in [0.2, 0.25) is 0 Å². The number of thiophene rings is 1. The van der Waals surface area contributed by atoms with E-state index in [1.165, 1.54) is 23.6 Å². The van der Waals surface area contributed by atoms with Crippen LogP contribution in [0.1, 0.15) is 4.88 Å². The molecular formula is C16H8F2N2OS2. The highest BCUT2D eigenvalue weighted by molar-refractivity contribution is 7.22. The number of nitrogens with zero attached hydrogens (tertiary/aromatic N) is 2. The van der Waals surface area contributed by atoms with Crippen LogP contribution in [-0.4, -0.2) is 16.3 Å². The van der Waals surface area contributed by atoms with Crippen molar-refractivity contribution in [2.24, 2.45) is 4.99 Å². The normalized spacial score (nSPS) is 11.9. The number of aromatic hydroxyl groups is 1. The van der Waals surface area contributed by atoms with Gasteiger partial charge in [-0.3, -0.25) is 0 Å². The van der Waals surface area contributed by atoms with Crippen LogP contribution in [0.15, 0.2) is 41.4 Å². The number of hydrogen-bond acceptors (Lipinski definition) is 5. The van der Waals surface area contributed by atoms with E-state index in [9.17, 15) is 13.9 Å². The SMILES string of the molecule is Oc1c(/C=N/c2nc3c(F)cc(F)cc3s2)sc2ccccc12. The summed E-state index contributed by atoms with van der Waals surface area (Å²) in [5.74, 6) is -1.19. The molecule has 0 bridgehead atoms. The first-order chi connectivity index (χ1) is 11.1. The van der Waals surface area contributed by atoms with Crippen molar-refractivity contribution in [1.82, 2.24) is 4.98 Å². The molecule has 3 nitrogen and oxygen atoms in total. The fourth-order valence-corrected chi connectivity index (χ4v) is 4.07. The number of fused-ring (bicyclic) bond motifs is 2. The van der Waals surface area contributed by atoms with Gasteiger partial charge in [-0.2, -0.15) is 0 Å². The Hall–Kier alpha value is -2.38. The molecule has 7 heteroatoms. The summed E-state index contributed by atoms with van der Waals surface area (Å²) in [7, 11) is 0. The molecule has 2 aromatic carbocycles. The summed E-state index contributed by atoms with van der Waals surface area (Å²) in [5.41, 5.74) is 0.101. The summed E-state index contributed by atoms with van der Waals surface area (Å²) in [6.45, 7) is 0. The van der Waals surface area contributed by atoms with Gasteiger partial charge in [-0.1, -0.05) is 23.5 Å². The average molecular weight is 346 g/mol. The van der Waals surface area contributed by atoms with Crippen molar-refractivity contribution in [2.75, 3.05) is 0 Å². The van der Waals surface area contributed by atoms with E-state index in [-0.39, 0.29) is 11.3 Å². The Labute approximate surface area is 137 Å². The van der Waals surface area contributed by atoms with E-state index in [0.29, 0.717) is 14.7 Å². The second-order valence-corrected chi connectivity index (χ2v) is 6.89. The Balaban J connectivity index is 1.75. The molecule has 0 aliphatic heterocycles. The van der Waals surface area contributed by atoms with Gasteiger partial charge < -0.3 is 5.11 Å². The van der Waals surface area contributed by atoms with E-state index in [4.69, 9.17) is 0 Å².